The summed E-state index contributed by atoms with van der Waals surface area (Å²) in [7, 11) is 0. The smallest absolute Gasteiger partial charge is 0.134 e. The Morgan fingerprint density at radius 2 is 1.80 bits per heavy atom. The molecule has 1 aromatic carbocycles. The molecule has 2 aromatic rings. The van der Waals surface area contributed by atoms with Crippen molar-refractivity contribution in [3.05, 3.63) is 47.7 Å². The lowest BCUT2D eigenvalue weighted by Gasteiger charge is -2.08. The van der Waals surface area contributed by atoms with E-state index in [-0.39, 0.29) is 6.04 Å². The average molecular weight is 271 g/mol. The molecule has 108 valence electrons. The SMILES string of the molecule is CCCCc1ccc(-c2ccc(C(C)NCC)o2)cc1. The minimum Gasteiger partial charge on any atom is -0.459 e. The Hall–Kier alpha value is -1.54. The van der Waals surface area contributed by atoms with Crippen LogP contribution >= 0.6 is 0 Å². The predicted molar refractivity (Wildman–Crippen MR) is 84.8 cm³/mol. The topological polar surface area (TPSA) is 25.2 Å². The van der Waals surface area contributed by atoms with E-state index in [9.17, 15) is 0 Å². The molecule has 0 spiro atoms. The molecule has 0 saturated heterocycles. The van der Waals surface area contributed by atoms with Gasteiger partial charge in [-0.3, -0.25) is 0 Å². The number of hydrogen-bond donors (Lipinski definition) is 1. The molecule has 20 heavy (non-hydrogen) atoms. The van der Waals surface area contributed by atoms with E-state index in [0.717, 1.165) is 30.0 Å². The predicted octanol–water partition coefficient (Wildman–Crippen LogP) is 4.96. The van der Waals surface area contributed by atoms with Crippen LogP contribution in [0.15, 0.2) is 40.8 Å². The molecule has 2 heteroatoms. The number of aryl methyl sites for hydroxylation is 1. The molecule has 2 rings (SSSR count). The number of rotatable bonds is 7. The third kappa shape index (κ3) is 3.73. The Balaban J connectivity index is 2.07. The van der Waals surface area contributed by atoms with E-state index in [1.165, 1.54) is 18.4 Å². The standard InChI is InChI=1S/C18H25NO/c1-4-6-7-15-8-10-16(11-9-15)18-13-12-17(20-18)14(3)19-5-2/h8-14,19H,4-7H2,1-3H3. The molecule has 1 atom stereocenters. The van der Waals surface area contributed by atoms with Crippen molar-refractivity contribution in [2.45, 2.75) is 46.1 Å². The minimum atomic E-state index is 0.262. The van der Waals surface area contributed by atoms with Gasteiger partial charge in [0.05, 0.1) is 6.04 Å². The summed E-state index contributed by atoms with van der Waals surface area (Å²) >= 11 is 0. The van der Waals surface area contributed by atoms with Crippen molar-refractivity contribution in [1.29, 1.82) is 0 Å². The summed E-state index contributed by atoms with van der Waals surface area (Å²) in [6, 6.07) is 13.1. The molecule has 1 N–H and O–H groups in total. The van der Waals surface area contributed by atoms with Gasteiger partial charge < -0.3 is 9.73 Å². The van der Waals surface area contributed by atoms with E-state index >= 15 is 0 Å². The Morgan fingerprint density at radius 3 is 2.45 bits per heavy atom. The summed E-state index contributed by atoms with van der Waals surface area (Å²) in [6.07, 6.45) is 3.66. The van der Waals surface area contributed by atoms with Gasteiger partial charge in [0.1, 0.15) is 11.5 Å². The van der Waals surface area contributed by atoms with Crippen LogP contribution in [-0.2, 0) is 6.42 Å². The molecular weight excluding hydrogens is 246 g/mol. The summed E-state index contributed by atoms with van der Waals surface area (Å²) in [5, 5.41) is 3.37. The maximum Gasteiger partial charge on any atom is 0.134 e. The highest BCUT2D eigenvalue weighted by Crippen LogP contribution is 2.25. The highest BCUT2D eigenvalue weighted by molar-refractivity contribution is 5.58. The number of nitrogens with one attached hydrogen (secondary N) is 1. The van der Waals surface area contributed by atoms with Crippen LogP contribution in [0, 0.1) is 0 Å². The summed E-state index contributed by atoms with van der Waals surface area (Å²) < 4.78 is 5.94. The van der Waals surface area contributed by atoms with Crippen molar-refractivity contribution in [3.8, 4) is 11.3 Å². The number of unbranched alkanes of at least 4 members (excludes halogenated alkanes) is 1. The maximum absolute atomic E-state index is 5.94. The second kappa shape index (κ2) is 7.30. The van der Waals surface area contributed by atoms with Crippen molar-refractivity contribution in [2.75, 3.05) is 6.54 Å². The zero-order valence-electron chi connectivity index (χ0n) is 12.8. The molecule has 0 aliphatic carbocycles. The van der Waals surface area contributed by atoms with E-state index < -0.39 is 0 Å². The second-order valence-corrected chi connectivity index (χ2v) is 5.28. The first-order valence-corrected chi connectivity index (χ1v) is 7.67. The Morgan fingerprint density at radius 1 is 1.05 bits per heavy atom. The van der Waals surface area contributed by atoms with Gasteiger partial charge in [-0.1, -0.05) is 44.5 Å². The van der Waals surface area contributed by atoms with E-state index in [4.69, 9.17) is 4.42 Å². The van der Waals surface area contributed by atoms with Crippen LogP contribution in [0.25, 0.3) is 11.3 Å². The lowest BCUT2D eigenvalue weighted by molar-refractivity contribution is 0.445. The molecule has 1 heterocycles. The van der Waals surface area contributed by atoms with Crippen LogP contribution in [0.4, 0.5) is 0 Å². The van der Waals surface area contributed by atoms with Crippen molar-refractivity contribution in [1.82, 2.24) is 5.32 Å². The summed E-state index contributed by atoms with van der Waals surface area (Å²) in [5.41, 5.74) is 2.56. The largest absolute Gasteiger partial charge is 0.459 e. The van der Waals surface area contributed by atoms with Crippen molar-refractivity contribution in [3.63, 3.8) is 0 Å². The highest BCUT2D eigenvalue weighted by atomic mass is 16.3. The minimum absolute atomic E-state index is 0.262. The zero-order valence-corrected chi connectivity index (χ0v) is 12.8. The van der Waals surface area contributed by atoms with Gasteiger partial charge in [-0.25, -0.2) is 0 Å². The fourth-order valence-electron chi connectivity index (χ4n) is 2.36. The first-order chi connectivity index (χ1) is 9.74. The molecule has 0 aliphatic rings. The number of hydrogen-bond acceptors (Lipinski definition) is 2. The zero-order chi connectivity index (χ0) is 14.4. The quantitative estimate of drug-likeness (QED) is 0.770. The fraction of sp³-hybridized carbons (Fsp3) is 0.444. The molecular formula is C18H25NO. The molecule has 0 radical (unpaired) electrons. The van der Waals surface area contributed by atoms with Gasteiger partial charge in [0.25, 0.3) is 0 Å². The Kier molecular flexibility index (Phi) is 5.42. The van der Waals surface area contributed by atoms with Crippen molar-refractivity contribution in [2.24, 2.45) is 0 Å². The second-order valence-electron chi connectivity index (χ2n) is 5.28. The monoisotopic (exact) mass is 271 g/mol. The Bertz CT molecular complexity index is 512. The van der Waals surface area contributed by atoms with Gasteiger partial charge >= 0.3 is 0 Å². The Labute approximate surface area is 122 Å². The van der Waals surface area contributed by atoms with E-state index in [0.29, 0.717) is 0 Å². The lowest BCUT2D eigenvalue weighted by Crippen LogP contribution is -2.16. The summed E-state index contributed by atoms with van der Waals surface area (Å²) in [6.45, 7) is 7.41. The first-order valence-electron chi connectivity index (χ1n) is 7.67. The molecule has 0 aliphatic heterocycles. The van der Waals surface area contributed by atoms with Gasteiger partial charge in [0.2, 0.25) is 0 Å². The van der Waals surface area contributed by atoms with Gasteiger partial charge in [0, 0.05) is 5.56 Å². The van der Waals surface area contributed by atoms with Gasteiger partial charge in [-0.15, -0.1) is 0 Å². The van der Waals surface area contributed by atoms with Crippen molar-refractivity contribution < 1.29 is 4.42 Å². The number of furan rings is 1. The molecule has 1 aromatic heterocycles. The molecule has 0 bridgehead atoms. The van der Waals surface area contributed by atoms with Crippen LogP contribution < -0.4 is 5.32 Å². The van der Waals surface area contributed by atoms with Crippen LogP contribution in [0.5, 0.6) is 0 Å². The average Bonchev–Trinajstić information content (AvgIpc) is 2.96. The van der Waals surface area contributed by atoms with Gasteiger partial charge in [0.15, 0.2) is 0 Å². The molecule has 0 fully saturated rings. The summed E-state index contributed by atoms with van der Waals surface area (Å²) in [5.74, 6) is 1.95. The molecule has 1 unspecified atom stereocenters. The van der Waals surface area contributed by atoms with Crippen LogP contribution in [0.3, 0.4) is 0 Å². The molecule has 2 nitrogen and oxygen atoms in total. The first kappa shape index (κ1) is 14.9. The van der Waals surface area contributed by atoms with Gasteiger partial charge in [-0.2, -0.15) is 0 Å². The van der Waals surface area contributed by atoms with E-state index in [1.807, 2.05) is 0 Å². The fourth-order valence-corrected chi connectivity index (χ4v) is 2.36. The third-order valence-corrected chi connectivity index (χ3v) is 3.62. The summed E-state index contributed by atoms with van der Waals surface area (Å²) in [4.78, 5) is 0. The lowest BCUT2D eigenvalue weighted by atomic mass is 10.1. The number of benzene rings is 1. The molecule has 0 amide bonds. The van der Waals surface area contributed by atoms with E-state index in [2.05, 4.69) is 62.5 Å². The van der Waals surface area contributed by atoms with E-state index in [1.54, 1.807) is 0 Å². The van der Waals surface area contributed by atoms with Crippen LogP contribution in [0.1, 0.15) is 51.0 Å². The van der Waals surface area contributed by atoms with Gasteiger partial charge in [-0.05, 0) is 44.0 Å². The maximum atomic E-state index is 5.94. The molecule has 0 saturated carbocycles. The van der Waals surface area contributed by atoms with Crippen molar-refractivity contribution >= 4 is 0 Å². The van der Waals surface area contributed by atoms with Crippen LogP contribution in [-0.4, -0.2) is 6.54 Å². The highest BCUT2D eigenvalue weighted by Gasteiger charge is 2.10. The normalized spacial score (nSPS) is 12.6. The third-order valence-electron chi connectivity index (χ3n) is 3.62. The van der Waals surface area contributed by atoms with Crippen LogP contribution in [0.2, 0.25) is 0 Å².